The molecule has 0 radical (unpaired) electrons. The molecule has 3 rings (SSSR count). The molecule has 0 aliphatic carbocycles. The average molecular weight is 406 g/mol. The van der Waals surface area contributed by atoms with Crippen LogP contribution in [0.2, 0.25) is 0 Å². The van der Waals surface area contributed by atoms with Crippen molar-refractivity contribution in [2.75, 3.05) is 30.4 Å². The van der Waals surface area contributed by atoms with Crippen LogP contribution in [0.5, 0.6) is 5.75 Å². The molecule has 1 aliphatic rings. The van der Waals surface area contributed by atoms with E-state index in [1.807, 2.05) is 12.1 Å². The molecule has 1 saturated heterocycles. The van der Waals surface area contributed by atoms with Crippen LogP contribution in [-0.4, -0.2) is 32.4 Å². The Bertz CT molecular complexity index is 874. The minimum atomic E-state index is -4.57. The van der Waals surface area contributed by atoms with Gasteiger partial charge in [-0.25, -0.2) is 0 Å². The molecule has 154 valence electrons. The number of rotatable bonds is 5. The summed E-state index contributed by atoms with van der Waals surface area (Å²) in [5, 5.41) is 2.59. The van der Waals surface area contributed by atoms with Gasteiger partial charge in [0.15, 0.2) is 0 Å². The summed E-state index contributed by atoms with van der Waals surface area (Å²) in [6.07, 6.45) is -2.62. The van der Waals surface area contributed by atoms with Gasteiger partial charge in [0.25, 0.3) is 0 Å². The third-order valence-corrected chi connectivity index (χ3v) is 5.03. The number of benzene rings is 2. The van der Waals surface area contributed by atoms with Crippen LogP contribution < -0.4 is 15.0 Å². The summed E-state index contributed by atoms with van der Waals surface area (Å²) in [4.78, 5) is 25.4. The number of hydrogen-bond donors (Lipinski definition) is 1. The van der Waals surface area contributed by atoms with Gasteiger partial charge >= 0.3 is 6.18 Å². The van der Waals surface area contributed by atoms with Crippen LogP contribution in [0, 0.1) is 5.92 Å². The number of nitrogens with one attached hydrogen (secondary N) is 1. The number of aldehydes is 1. The number of amides is 1. The van der Waals surface area contributed by atoms with E-state index in [2.05, 4.69) is 10.2 Å². The normalized spacial score (nSPS) is 15.1. The van der Waals surface area contributed by atoms with Crippen LogP contribution in [-0.2, 0) is 11.0 Å². The Hall–Kier alpha value is -3.03. The van der Waals surface area contributed by atoms with Gasteiger partial charge < -0.3 is 15.0 Å². The highest BCUT2D eigenvalue weighted by Gasteiger charge is 2.35. The molecule has 0 aromatic heterocycles. The molecule has 2 aromatic carbocycles. The Morgan fingerprint density at radius 1 is 1.14 bits per heavy atom. The van der Waals surface area contributed by atoms with E-state index in [0.29, 0.717) is 31.5 Å². The lowest BCUT2D eigenvalue weighted by Gasteiger charge is -2.33. The maximum absolute atomic E-state index is 13.1. The summed E-state index contributed by atoms with van der Waals surface area (Å²) in [5.74, 6) is -0.861. The van der Waals surface area contributed by atoms with Crippen molar-refractivity contribution in [3.8, 4) is 5.75 Å². The first-order chi connectivity index (χ1) is 13.8. The van der Waals surface area contributed by atoms with Crippen molar-refractivity contribution in [2.24, 2.45) is 5.92 Å². The standard InChI is InChI=1S/C21H21F3N2O3/c1-29-19-7-4-16(12-18(19)21(22,23)24)25-20(28)15-8-10-26(11-9-15)17-5-2-14(13-27)3-6-17/h2-7,12-13,15H,8-11H2,1H3,(H,25,28). The van der Waals surface area contributed by atoms with Gasteiger partial charge in [0.05, 0.1) is 12.7 Å². The monoisotopic (exact) mass is 406 g/mol. The number of methoxy groups -OCH3 is 1. The largest absolute Gasteiger partial charge is 0.496 e. The minimum absolute atomic E-state index is 0.0926. The van der Waals surface area contributed by atoms with E-state index in [1.54, 1.807) is 12.1 Å². The van der Waals surface area contributed by atoms with Crippen LogP contribution in [0.15, 0.2) is 42.5 Å². The van der Waals surface area contributed by atoms with Crippen LogP contribution >= 0.6 is 0 Å². The van der Waals surface area contributed by atoms with Crippen molar-refractivity contribution in [1.82, 2.24) is 0 Å². The second-order valence-electron chi connectivity index (χ2n) is 6.87. The molecule has 0 unspecified atom stereocenters. The van der Waals surface area contributed by atoms with Gasteiger partial charge in [-0.05, 0) is 55.3 Å². The number of carbonyl (C=O) groups is 2. The second-order valence-corrected chi connectivity index (χ2v) is 6.87. The predicted octanol–water partition coefficient (Wildman–Crippen LogP) is 4.38. The summed E-state index contributed by atoms with van der Waals surface area (Å²) < 4.78 is 44.2. The lowest BCUT2D eigenvalue weighted by molar-refractivity contribution is -0.138. The van der Waals surface area contributed by atoms with E-state index < -0.39 is 11.7 Å². The van der Waals surface area contributed by atoms with Crippen LogP contribution in [0.1, 0.15) is 28.8 Å². The fourth-order valence-electron chi connectivity index (χ4n) is 3.42. The summed E-state index contributed by atoms with van der Waals surface area (Å²) in [6, 6.07) is 10.7. The molecule has 0 saturated carbocycles. The molecule has 1 fully saturated rings. The smallest absolute Gasteiger partial charge is 0.420 e. The third kappa shape index (κ3) is 4.88. The molecule has 1 heterocycles. The zero-order chi connectivity index (χ0) is 21.0. The average Bonchev–Trinajstić information content (AvgIpc) is 2.73. The number of anilines is 2. The number of carbonyl (C=O) groups excluding carboxylic acids is 2. The van der Waals surface area contributed by atoms with Gasteiger partial charge in [-0.15, -0.1) is 0 Å². The Morgan fingerprint density at radius 3 is 2.34 bits per heavy atom. The minimum Gasteiger partial charge on any atom is -0.496 e. The maximum atomic E-state index is 13.1. The fraction of sp³-hybridized carbons (Fsp3) is 0.333. The predicted molar refractivity (Wildman–Crippen MR) is 103 cm³/mol. The maximum Gasteiger partial charge on any atom is 0.420 e. The molecule has 1 N–H and O–H groups in total. The lowest BCUT2D eigenvalue weighted by Crippen LogP contribution is -2.38. The van der Waals surface area contributed by atoms with Gasteiger partial charge in [-0.2, -0.15) is 13.2 Å². The molecule has 8 heteroatoms. The van der Waals surface area contributed by atoms with E-state index in [4.69, 9.17) is 4.74 Å². The van der Waals surface area contributed by atoms with E-state index in [-0.39, 0.29) is 23.3 Å². The van der Waals surface area contributed by atoms with Crippen molar-refractivity contribution >= 4 is 23.6 Å². The number of piperidine rings is 1. The first kappa shape index (κ1) is 20.7. The van der Waals surface area contributed by atoms with Crippen molar-refractivity contribution < 1.29 is 27.5 Å². The van der Waals surface area contributed by atoms with Gasteiger partial charge in [0.1, 0.15) is 12.0 Å². The van der Waals surface area contributed by atoms with Gasteiger partial charge in [-0.1, -0.05) is 0 Å². The topological polar surface area (TPSA) is 58.6 Å². The van der Waals surface area contributed by atoms with E-state index >= 15 is 0 Å². The van der Waals surface area contributed by atoms with E-state index in [0.717, 1.165) is 18.0 Å². The van der Waals surface area contributed by atoms with Crippen molar-refractivity contribution in [3.63, 3.8) is 0 Å². The highest BCUT2D eigenvalue weighted by Crippen LogP contribution is 2.38. The fourth-order valence-corrected chi connectivity index (χ4v) is 3.42. The number of hydrogen-bond acceptors (Lipinski definition) is 4. The molecule has 2 aromatic rings. The first-order valence-corrected chi connectivity index (χ1v) is 9.18. The van der Waals surface area contributed by atoms with Crippen molar-refractivity contribution in [1.29, 1.82) is 0 Å². The zero-order valence-electron chi connectivity index (χ0n) is 15.8. The highest BCUT2D eigenvalue weighted by atomic mass is 19.4. The molecule has 0 spiro atoms. The van der Waals surface area contributed by atoms with Crippen LogP contribution in [0.25, 0.3) is 0 Å². The molecule has 0 bridgehead atoms. The molecule has 1 amide bonds. The lowest BCUT2D eigenvalue weighted by atomic mass is 9.95. The van der Waals surface area contributed by atoms with Gasteiger partial charge in [0, 0.05) is 35.9 Å². The van der Waals surface area contributed by atoms with Crippen molar-refractivity contribution in [3.05, 3.63) is 53.6 Å². The number of nitrogens with zero attached hydrogens (tertiary/aromatic N) is 1. The summed E-state index contributed by atoms with van der Waals surface area (Å²) in [7, 11) is 1.17. The molecular formula is C21H21F3N2O3. The summed E-state index contributed by atoms with van der Waals surface area (Å²) in [6.45, 7) is 1.30. The van der Waals surface area contributed by atoms with Crippen LogP contribution in [0.4, 0.5) is 24.5 Å². The summed E-state index contributed by atoms with van der Waals surface area (Å²) in [5.41, 5.74) is 0.738. The number of alkyl halides is 3. The Balaban J connectivity index is 1.61. The molecule has 1 aliphatic heterocycles. The number of ether oxygens (including phenoxy) is 1. The van der Waals surface area contributed by atoms with E-state index in [9.17, 15) is 22.8 Å². The first-order valence-electron chi connectivity index (χ1n) is 9.18. The highest BCUT2D eigenvalue weighted by molar-refractivity contribution is 5.93. The Morgan fingerprint density at radius 2 is 1.79 bits per heavy atom. The molecule has 0 atom stereocenters. The van der Waals surface area contributed by atoms with Gasteiger partial charge in [-0.3, -0.25) is 9.59 Å². The number of halogens is 3. The third-order valence-electron chi connectivity index (χ3n) is 5.03. The van der Waals surface area contributed by atoms with Gasteiger partial charge in [0.2, 0.25) is 5.91 Å². The summed E-state index contributed by atoms with van der Waals surface area (Å²) >= 11 is 0. The molecule has 5 nitrogen and oxygen atoms in total. The molecular weight excluding hydrogens is 385 g/mol. The SMILES string of the molecule is COc1ccc(NC(=O)C2CCN(c3ccc(C=O)cc3)CC2)cc1C(F)(F)F. The Labute approximate surface area is 166 Å². The van der Waals surface area contributed by atoms with E-state index in [1.165, 1.54) is 19.2 Å². The van der Waals surface area contributed by atoms with Crippen LogP contribution in [0.3, 0.4) is 0 Å². The quantitative estimate of drug-likeness (QED) is 0.749. The zero-order valence-corrected chi connectivity index (χ0v) is 15.8. The van der Waals surface area contributed by atoms with Crippen molar-refractivity contribution in [2.45, 2.75) is 19.0 Å². The molecule has 29 heavy (non-hydrogen) atoms. The Kier molecular flexibility index (Phi) is 6.10. The second kappa shape index (κ2) is 8.55.